The standard InChI is InChI=1S/C29H34FN5O3/c1-18(2)26-32-16-20(17-33-26)27(36)34-25-22(21-8-6-7-9-23(21)30)10-13-31-24(25)19-11-14-35(15-12-19)28(37)38-29(3,4)5/h6-10,13,16-19H,11-12,14-15H2,1-5H3,(H,34,36). The number of piperidine rings is 1. The second-order valence-corrected chi connectivity index (χ2v) is 10.8. The number of hydrogen-bond donors (Lipinski definition) is 1. The van der Waals surface area contributed by atoms with Gasteiger partial charge in [0.2, 0.25) is 0 Å². The molecule has 3 aromatic rings. The Labute approximate surface area is 222 Å². The summed E-state index contributed by atoms with van der Waals surface area (Å²) in [5.74, 6) is -0.0678. The van der Waals surface area contributed by atoms with Gasteiger partial charge in [0.1, 0.15) is 17.2 Å². The van der Waals surface area contributed by atoms with Crippen molar-refractivity contribution in [2.75, 3.05) is 18.4 Å². The first-order chi connectivity index (χ1) is 18.0. The van der Waals surface area contributed by atoms with E-state index in [4.69, 9.17) is 4.74 Å². The number of anilines is 1. The van der Waals surface area contributed by atoms with E-state index >= 15 is 0 Å². The average molecular weight is 520 g/mol. The number of rotatable bonds is 5. The number of likely N-dealkylation sites (tertiary alicyclic amines) is 1. The van der Waals surface area contributed by atoms with Crippen molar-refractivity contribution in [3.63, 3.8) is 0 Å². The molecule has 1 saturated heterocycles. The predicted molar refractivity (Wildman–Crippen MR) is 143 cm³/mol. The Morgan fingerprint density at radius 2 is 1.68 bits per heavy atom. The Balaban J connectivity index is 1.64. The molecule has 1 aromatic carbocycles. The van der Waals surface area contributed by atoms with Crippen molar-refractivity contribution in [1.29, 1.82) is 0 Å². The van der Waals surface area contributed by atoms with Gasteiger partial charge in [0.05, 0.1) is 16.9 Å². The first-order valence-electron chi connectivity index (χ1n) is 12.9. The van der Waals surface area contributed by atoms with Crippen molar-refractivity contribution < 1.29 is 18.7 Å². The van der Waals surface area contributed by atoms with E-state index < -0.39 is 17.3 Å². The highest BCUT2D eigenvalue weighted by Gasteiger charge is 2.30. The fourth-order valence-corrected chi connectivity index (χ4v) is 4.42. The smallest absolute Gasteiger partial charge is 0.410 e. The zero-order chi connectivity index (χ0) is 27.4. The van der Waals surface area contributed by atoms with Gasteiger partial charge in [0.15, 0.2) is 0 Å². The summed E-state index contributed by atoms with van der Waals surface area (Å²) in [4.78, 5) is 40.8. The van der Waals surface area contributed by atoms with Gasteiger partial charge in [-0.1, -0.05) is 32.0 Å². The van der Waals surface area contributed by atoms with Crippen LogP contribution >= 0.6 is 0 Å². The Kier molecular flexibility index (Phi) is 8.04. The lowest BCUT2D eigenvalue weighted by Gasteiger charge is -2.34. The van der Waals surface area contributed by atoms with Gasteiger partial charge in [-0.3, -0.25) is 9.78 Å². The van der Waals surface area contributed by atoms with E-state index in [2.05, 4.69) is 20.3 Å². The number of nitrogens with zero attached hydrogens (tertiary/aromatic N) is 4. The number of nitrogens with one attached hydrogen (secondary N) is 1. The molecule has 8 nitrogen and oxygen atoms in total. The van der Waals surface area contributed by atoms with E-state index in [1.807, 2.05) is 34.6 Å². The molecule has 0 atom stereocenters. The van der Waals surface area contributed by atoms with Crippen LogP contribution in [0.3, 0.4) is 0 Å². The molecule has 1 fully saturated rings. The fourth-order valence-electron chi connectivity index (χ4n) is 4.42. The highest BCUT2D eigenvalue weighted by atomic mass is 19.1. The van der Waals surface area contributed by atoms with E-state index in [1.54, 1.807) is 35.4 Å². The summed E-state index contributed by atoms with van der Waals surface area (Å²) in [6.07, 6.45) is 5.53. The number of carbonyl (C=O) groups excluding carboxylic acids is 2. The topological polar surface area (TPSA) is 97.3 Å². The van der Waals surface area contributed by atoms with Crippen molar-refractivity contribution in [3.05, 3.63) is 71.8 Å². The zero-order valence-electron chi connectivity index (χ0n) is 22.5. The Hall–Kier alpha value is -3.88. The molecule has 38 heavy (non-hydrogen) atoms. The van der Waals surface area contributed by atoms with Gasteiger partial charge in [-0.05, 0) is 45.7 Å². The quantitative estimate of drug-likeness (QED) is 0.433. The molecule has 0 saturated carbocycles. The van der Waals surface area contributed by atoms with Gasteiger partial charge in [0, 0.05) is 54.6 Å². The fraction of sp³-hybridized carbons (Fsp3) is 0.414. The summed E-state index contributed by atoms with van der Waals surface area (Å²) in [7, 11) is 0. The number of amides is 2. The summed E-state index contributed by atoms with van der Waals surface area (Å²) < 4.78 is 20.4. The van der Waals surface area contributed by atoms with Crippen LogP contribution in [0.15, 0.2) is 48.9 Å². The Morgan fingerprint density at radius 3 is 2.29 bits per heavy atom. The molecule has 4 rings (SSSR count). The Morgan fingerprint density at radius 1 is 1.03 bits per heavy atom. The minimum absolute atomic E-state index is 0.0460. The molecular weight excluding hydrogens is 485 g/mol. The lowest BCUT2D eigenvalue weighted by atomic mass is 9.89. The van der Waals surface area contributed by atoms with Crippen LogP contribution in [0.1, 0.15) is 81.2 Å². The molecule has 1 aliphatic heterocycles. The van der Waals surface area contributed by atoms with Gasteiger partial charge >= 0.3 is 6.09 Å². The number of halogens is 1. The minimum Gasteiger partial charge on any atom is -0.444 e. The second-order valence-electron chi connectivity index (χ2n) is 10.8. The summed E-state index contributed by atoms with van der Waals surface area (Å²) in [5, 5.41) is 2.98. The van der Waals surface area contributed by atoms with E-state index in [1.165, 1.54) is 18.5 Å². The zero-order valence-corrected chi connectivity index (χ0v) is 22.5. The third-order valence-electron chi connectivity index (χ3n) is 6.37. The van der Waals surface area contributed by atoms with Crippen LogP contribution in [-0.4, -0.2) is 50.5 Å². The van der Waals surface area contributed by atoms with Crippen LogP contribution in [0.2, 0.25) is 0 Å². The first kappa shape index (κ1) is 27.2. The van der Waals surface area contributed by atoms with E-state index in [0.29, 0.717) is 59.8 Å². The number of ether oxygens (including phenoxy) is 1. The van der Waals surface area contributed by atoms with E-state index in [9.17, 15) is 14.0 Å². The van der Waals surface area contributed by atoms with Crippen molar-refractivity contribution in [3.8, 4) is 11.1 Å². The molecule has 1 aliphatic rings. The van der Waals surface area contributed by atoms with Crippen LogP contribution in [0.25, 0.3) is 11.1 Å². The van der Waals surface area contributed by atoms with Crippen LogP contribution in [-0.2, 0) is 4.74 Å². The molecule has 0 radical (unpaired) electrons. The second kappa shape index (κ2) is 11.2. The van der Waals surface area contributed by atoms with Gasteiger partial charge in [-0.25, -0.2) is 19.2 Å². The summed E-state index contributed by atoms with van der Waals surface area (Å²) in [6, 6.07) is 8.14. The lowest BCUT2D eigenvalue weighted by molar-refractivity contribution is 0.0204. The van der Waals surface area contributed by atoms with Gasteiger partial charge in [0.25, 0.3) is 5.91 Å². The van der Waals surface area contributed by atoms with Crippen LogP contribution in [0.5, 0.6) is 0 Å². The third-order valence-corrected chi connectivity index (χ3v) is 6.37. The minimum atomic E-state index is -0.571. The van der Waals surface area contributed by atoms with E-state index in [0.717, 1.165) is 0 Å². The van der Waals surface area contributed by atoms with E-state index in [-0.39, 0.29) is 17.9 Å². The maximum Gasteiger partial charge on any atom is 0.410 e. The van der Waals surface area contributed by atoms with Crippen molar-refractivity contribution in [2.24, 2.45) is 0 Å². The molecule has 0 unspecified atom stereocenters. The van der Waals surface area contributed by atoms with Crippen molar-refractivity contribution in [2.45, 2.75) is 64.9 Å². The number of benzene rings is 1. The van der Waals surface area contributed by atoms with Gasteiger partial charge in [-0.2, -0.15) is 0 Å². The SMILES string of the molecule is CC(C)c1ncc(C(=O)Nc2c(-c3ccccc3F)ccnc2C2CCN(C(=O)OC(C)(C)C)CC2)cn1. The molecule has 3 heterocycles. The number of carbonyl (C=O) groups is 2. The Bertz CT molecular complexity index is 1300. The molecule has 200 valence electrons. The molecule has 2 amide bonds. The molecule has 0 aliphatic carbocycles. The normalized spacial score (nSPS) is 14.4. The predicted octanol–water partition coefficient (Wildman–Crippen LogP) is 6.17. The molecule has 2 aromatic heterocycles. The highest BCUT2D eigenvalue weighted by molar-refractivity contribution is 6.06. The summed E-state index contributed by atoms with van der Waals surface area (Å²) in [5.41, 5.74) is 1.73. The lowest BCUT2D eigenvalue weighted by Crippen LogP contribution is -2.41. The average Bonchev–Trinajstić information content (AvgIpc) is 2.88. The number of hydrogen-bond acceptors (Lipinski definition) is 6. The van der Waals surface area contributed by atoms with Crippen LogP contribution in [0.4, 0.5) is 14.9 Å². The van der Waals surface area contributed by atoms with Crippen molar-refractivity contribution in [1.82, 2.24) is 19.9 Å². The highest BCUT2D eigenvalue weighted by Crippen LogP contribution is 2.38. The molecule has 0 bridgehead atoms. The largest absolute Gasteiger partial charge is 0.444 e. The summed E-state index contributed by atoms with van der Waals surface area (Å²) >= 11 is 0. The molecule has 9 heteroatoms. The molecule has 1 N–H and O–H groups in total. The maximum atomic E-state index is 14.9. The third kappa shape index (κ3) is 6.33. The number of pyridine rings is 1. The van der Waals surface area contributed by atoms with Crippen LogP contribution in [0, 0.1) is 5.82 Å². The maximum absolute atomic E-state index is 14.9. The number of aromatic nitrogens is 3. The van der Waals surface area contributed by atoms with Gasteiger partial charge in [-0.15, -0.1) is 0 Å². The molecular formula is C29H34FN5O3. The molecule has 0 spiro atoms. The first-order valence-corrected chi connectivity index (χ1v) is 12.9. The van der Waals surface area contributed by atoms with Crippen LogP contribution < -0.4 is 5.32 Å². The summed E-state index contributed by atoms with van der Waals surface area (Å²) in [6.45, 7) is 10.5. The van der Waals surface area contributed by atoms with Gasteiger partial charge < -0.3 is 15.0 Å². The van der Waals surface area contributed by atoms with Crippen molar-refractivity contribution >= 4 is 17.7 Å². The monoisotopic (exact) mass is 519 g/mol.